The summed E-state index contributed by atoms with van der Waals surface area (Å²) >= 11 is 0. The Hall–Kier alpha value is -2.69. The van der Waals surface area contributed by atoms with Crippen molar-refractivity contribution in [3.8, 4) is 0 Å². The first kappa shape index (κ1) is 18.1. The van der Waals surface area contributed by atoms with Gasteiger partial charge in [0.25, 0.3) is 0 Å². The summed E-state index contributed by atoms with van der Waals surface area (Å²) in [6.45, 7) is 7.49. The van der Waals surface area contributed by atoms with E-state index >= 15 is 0 Å². The van der Waals surface area contributed by atoms with Crippen molar-refractivity contribution >= 4 is 16.9 Å². The molecule has 5 heteroatoms. The first-order valence-electron chi connectivity index (χ1n) is 9.20. The SMILES string of the molecule is CC[C@@H](C)N(Cc1ccncc1)C(=O)CCn1c(C)nc2ccccc21. The topological polar surface area (TPSA) is 51.0 Å². The van der Waals surface area contributed by atoms with Crippen molar-refractivity contribution in [2.45, 2.75) is 52.7 Å². The summed E-state index contributed by atoms with van der Waals surface area (Å²) in [5, 5.41) is 0. The van der Waals surface area contributed by atoms with Gasteiger partial charge in [-0.15, -0.1) is 0 Å². The molecule has 3 rings (SSSR count). The number of benzene rings is 1. The molecule has 0 bridgehead atoms. The largest absolute Gasteiger partial charge is 0.336 e. The molecule has 1 amide bonds. The maximum absolute atomic E-state index is 13.0. The number of rotatable bonds is 7. The number of amides is 1. The van der Waals surface area contributed by atoms with Crippen LogP contribution in [-0.2, 0) is 17.9 Å². The number of carbonyl (C=O) groups is 1. The van der Waals surface area contributed by atoms with Gasteiger partial charge < -0.3 is 9.47 Å². The van der Waals surface area contributed by atoms with Gasteiger partial charge in [-0.05, 0) is 50.1 Å². The fraction of sp³-hybridized carbons (Fsp3) is 0.381. The van der Waals surface area contributed by atoms with E-state index in [0.717, 1.165) is 28.8 Å². The standard InChI is InChI=1S/C21H26N4O/c1-4-16(2)25(15-18-9-12-22-13-10-18)21(26)11-14-24-17(3)23-19-7-5-6-8-20(19)24/h5-10,12-13,16H,4,11,14-15H2,1-3H3/t16-/m1/s1. The fourth-order valence-electron chi connectivity index (χ4n) is 3.22. The second-order valence-electron chi connectivity index (χ2n) is 6.68. The van der Waals surface area contributed by atoms with Gasteiger partial charge in [0.05, 0.1) is 11.0 Å². The van der Waals surface area contributed by atoms with Crippen LogP contribution in [0.3, 0.4) is 0 Å². The summed E-state index contributed by atoms with van der Waals surface area (Å²) in [6, 6.07) is 12.2. The first-order valence-corrected chi connectivity index (χ1v) is 9.20. The number of pyridine rings is 1. The van der Waals surface area contributed by atoms with Crippen molar-refractivity contribution in [3.63, 3.8) is 0 Å². The highest BCUT2D eigenvalue weighted by Crippen LogP contribution is 2.17. The molecule has 0 aliphatic carbocycles. The molecular formula is C21H26N4O. The van der Waals surface area contributed by atoms with E-state index in [0.29, 0.717) is 19.5 Å². The van der Waals surface area contributed by atoms with Crippen molar-refractivity contribution in [3.05, 3.63) is 60.2 Å². The summed E-state index contributed by atoms with van der Waals surface area (Å²) in [7, 11) is 0. The van der Waals surface area contributed by atoms with Crippen molar-refractivity contribution in [1.29, 1.82) is 0 Å². The Morgan fingerprint density at radius 3 is 2.65 bits per heavy atom. The molecule has 0 fully saturated rings. The zero-order valence-corrected chi connectivity index (χ0v) is 15.7. The minimum absolute atomic E-state index is 0.174. The molecule has 2 heterocycles. The van der Waals surface area contributed by atoms with E-state index in [1.165, 1.54) is 0 Å². The lowest BCUT2D eigenvalue weighted by Gasteiger charge is -2.29. The minimum atomic E-state index is 0.174. The van der Waals surface area contributed by atoms with E-state index in [1.54, 1.807) is 12.4 Å². The van der Waals surface area contributed by atoms with Gasteiger partial charge >= 0.3 is 0 Å². The third kappa shape index (κ3) is 3.93. The third-order valence-corrected chi connectivity index (χ3v) is 4.94. The Morgan fingerprint density at radius 2 is 1.92 bits per heavy atom. The number of carbonyl (C=O) groups excluding carboxylic acids is 1. The second-order valence-corrected chi connectivity index (χ2v) is 6.68. The summed E-state index contributed by atoms with van der Waals surface area (Å²) in [5.41, 5.74) is 3.17. The predicted octanol–water partition coefficient (Wildman–Crippen LogP) is 3.96. The molecule has 0 spiro atoms. The van der Waals surface area contributed by atoms with E-state index < -0.39 is 0 Å². The smallest absolute Gasteiger partial charge is 0.224 e. The average Bonchev–Trinajstić information content (AvgIpc) is 2.99. The van der Waals surface area contributed by atoms with E-state index in [4.69, 9.17) is 0 Å². The van der Waals surface area contributed by atoms with Gasteiger partial charge in [-0.3, -0.25) is 9.78 Å². The summed E-state index contributed by atoms with van der Waals surface area (Å²) in [4.78, 5) is 23.6. The average molecular weight is 350 g/mol. The van der Waals surface area contributed by atoms with Crippen molar-refractivity contribution < 1.29 is 4.79 Å². The van der Waals surface area contributed by atoms with E-state index in [2.05, 4.69) is 34.4 Å². The molecule has 5 nitrogen and oxygen atoms in total. The van der Waals surface area contributed by atoms with Crippen LogP contribution in [0.5, 0.6) is 0 Å². The molecule has 0 radical (unpaired) electrons. The van der Waals surface area contributed by atoms with E-state index in [9.17, 15) is 4.79 Å². The van der Waals surface area contributed by atoms with Crippen molar-refractivity contribution in [1.82, 2.24) is 19.4 Å². The quantitative estimate of drug-likeness (QED) is 0.648. The van der Waals surface area contributed by atoms with Gasteiger partial charge in [-0.2, -0.15) is 0 Å². The molecule has 0 unspecified atom stereocenters. The van der Waals surface area contributed by atoms with Crippen LogP contribution in [-0.4, -0.2) is 31.4 Å². The van der Waals surface area contributed by atoms with Crippen LogP contribution in [0.2, 0.25) is 0 Å². The summed E-state index contributed by atoms with van der Waals surface area (Å²) in [5.74, 6) is 1.12. The molecule has 0 saturated heterocycles. The molecule has 0 saturated carbocycles. The summed E-state index contributed by atoms with van der Waals surface area (Å²) < 4.78 is 2.13. The van der Waals surface area contributed by atoms with Gasteiger partial charge in [0, 0.05) is 37.9 Å². The number of fused-ring (bicyclic) bond motifs is 1. The minimum Gasteiger partial charge on any atom is -0.336 e. The number of hydrogen-bond donors (Lipinski definition) is 0. The van der Waals surface area contributed by atoms with Gasteiger partial charge in [-0.25, -0.2) is 4.98 Å². The number of aryl methyl sites for hydroxylation is 2. The van der Waals surface area contributed by atoms with Crippen LogP contribution in [0.15, 0.2) is 48.8 Å². The lowest BCUT2D eigenvalue weighted by molar-refractivity contribution is -0.134. The Labute approximate surface area is 154 Å². The fourth-order valence-corrected chi connectivity index (χ4v) is 3.22. The van der Waals surface area contributed by atoms with Crippen molar-refractivity contribution in [2.24, 2.45) is 0 Å². The first-order chi connectivity index (χ1) is 12.6. The number of para-hydroxylation sites is 2. The molecule has 26 heavy (non-hydrogen) atoms. The van der Waals surface area contributed by atoms with Gasteiger partial charge in [0.2, 0.25) is 5.91 Å². The van der Waals surface area contributed by atoms with Gasteiger partial charge in [0.15, 0.2) is 0 Å². The highest BCUT2D eigenvalue weighted by Gasteiger charge is 2.19. The van der Waals surface area contributed by atoms with E-state index in [-0.39, 0.29) is 11.9 Å². The Morgan fingerprint density at radius 1 is 1.19 bits per heavy atom. The van der Waals surface area contributed by atoms with Crippen LogP contribution in [0.4, 0.5) is 0 Å². The monoisotopic (exact) mass is 350 g/mol. The lowest BCUT2D eigenvalue weighted by atomic mass is 10.1. The molecule has 136 valence electrons. The molecule has 2 aromatic heterocycles. The molecule has 0 aliphatic rings. The molecule has 3 aromatic rings. The highest BCUT2D eigenvalue weighted by atomic mass is 16.2. The Balaban J connectivity index is 1.74. The molecular weight excluding hydrogens is 324 g/mol. The molecule has 1 aromatic carbocycles. The van der Waals surface area contributed by atoms with Crippen LogP contribution in [0.1, 0.15) is 38.1 Å². The molecule has 0 aliphatic heterocycles. The van der Waals surface area contributed by atoms with Crippen LogP contribution >= 0.6 is 0 Å². The van der Waals surface area contributed by atoms with Crippen LogP contribution in [0.25, 0.3) is 11.0 Å². The maximum Gasteiger partial charge on any atom is 0.224 e. The van der Waals surface area contributed by atoms with Crippen LogP contribution in [0, 0.1) is 6.92 Å². The highest BCUT2D eigenvalue weighted by molar-refractivity contribution is 5.78. The molecule has 1 atom stereocenters. The number of hydrogen-bond acceptors (Lipinski definition) is 3. The maximum atomic E-state index is 13.0. The summed E-state index contributed by atoms with van der Waals surface area (Å²) in [6.07, 6.45) is 4.95. The Kier molecular flexibility index (Phi) is 5.66. The molecule has 0 N–H and O–H groups in total. The number of nitrogens with zero attached hydrogens (tertiary/aromatic N) is 4. The predicted molar refractivity (Wildman–Crippen MR) is 104 cm³/mol. The zero-order valence-electron chi connectivity index (χ0n) is 15.7. The second kappa shape index (κ2) is 8.13. The third-order valence-electron chi connectivity index (χ3n) is 4.94. The normalized spacial score (nSPS) is 12.3. The Bertz CT molecular complexity index is 872. The number of aromatic nitrogens is 3. The van der Waals surface area contributed by atoms with Crippen molar-refractivity contribution in [2.75, 3.05) is 0 Å². The zero-order chi connectivity index (χ0) is 18.5. The van der Waals surface area contributed by atoms with E-state index in [1.807, 2.05) is 42.2 Å². The van der Waals surface area contributed by atoms with Crippen LogP contribution < -0.4 is 0 Å². The van der Waals surface area contributed by atoms with Gasteiger partial charge in [-0.1, -0.05) is 19.1 Å². The lowest BCUT2D eigenvalue weighted by Crippen LogP contribution is -2.38. The van der Waals surface area contributed by atoms with Gasteiger partial charge in [0.1, 0.15) is 5.82 Å². The number of imidazole rings is 1.